The maximum absolute atomic E-state index is 11.3. The Kier molecular flexibility index (Phi) is 6.25. The highest BCUT2D eigenvalue weighted by Gasteiger charge is 2.03. The van der Waals surface area contributed by atoms with Crippen LogP contribution in [0.4, 0.5) is 0 Å². The van der Waals surface area contributed by atoms with Crippen LogP contribution in [0.25, 0.3) is 0 Å². The molecular weight excluding hydrogens is 306 g/mol. The molecule has 0 aliphatic heterocycles. The van der Waals surface area contributed by atoms with E-state index in [1.807, 2.05) is 30.3 Å². The molecule has 19 heavy (non-hydrogen) atoms. The first-order chi connectivity index (χ1) is 8.79. The SMILES string of the molecule is Br.NCC(=O)c1ccc(OCc2ccccc2)cc1. The molecule has 0 saturated heterocycles. The Morgan fingerprint density at radius 1 is 1.00 bits per heavy atom. The van der Waals surface area contributed by atoms with E-state index in [4.69, 9.17) is 10.5 Å². The van der Waals surface area contributed by atoms with E-state index in [0.717, 1.165) is 11.3 Å². The van der Waals surface area contributed by atoms with E-state index >= 15 is 0 Å². The van der Waals surface area contributed by atoms with E-state index in [-0.39, 0.29) is 29.3 Å². The standard InChI is InChI=1S/C15H15NO2.BrH/c16-10-15(17)13-6-8-14(9-7-13)18-11-12-4-2-1-3-5-12;/h1-9H,10-11,16H2;1H. The Bertz CT molecular complexity index is 511. The maximum atomic E-state index is 11.3. The minimum absolute atomic E-state index is 0. The number of ketones is 1. The van der Waals surface area contributed by atoms with Gasteiger partial charge in [0.05, 0.1) is 6.54 Å². The summed E-state index contributed by atoms with van der Waals surface area (Å²) in [6.45, 7) is 0.551. The highest BCUT2D eigenvalue weighted by molar-refractivity contribution is 8.93. The van der Waals surface area contributed by atoms with Crippen molar-refractivity contribution in [3.8, 4) is 5.75 Å². The number of Topliss-reactive ketones (excluding diaryl/α,β-unsaturated/α-hetero) is 1. The second kappa shape index (κ2) is 7.71. The van der Waals surface area contributed by atoms with Crippen LogP contribution >= 0.6 is 17.0 Å². The van der Waals surface area contributed by atoms with Gasteiger partial charge < -0.3 is 10.5 Å². The van der Waals surface area contributed by atoms with Crippen LogP contribution in [-0.2, 0) is 6.61 Å². The van der Waals surface area contributed by atoms with Gasteiger partial charge >= 0.3 is 0 Å². The van der Waals surface area contributed by atoms with Gasteiger partial charge in [-0.05, 0) is 29.8 Å². The minimum Gasteiger partial charge on any atom is -0.489 e. The van der Waals surface area contributed by atoms with Gasteiger partial charge in [0.2, 0.25) is 0 Å². The lowest BCUT2D eigenvalue weighted by atomic mass is 10.1. The van der Waals surface area contributed by atoms with Gasteiger partial charge in [0.15, 0.2) is 5.78 Å². The Morgan fingerprint density at radius 2 is 1.63 bits per heavy atom. The largest absolute Gasteiger partial charge is 0.489 e. The predicted octanol–water partition coefficient (Wildman–Crippen LogP) is 2.98. The van der Waals surface area contributed by atoms with Crippen molar-refractivity contribution in [3.63, 3.8) is 0 Å². The van der Waals surface area contributed by atoms with Crippen molar-refractivity contribution in [2.45, 2.75) is 6.61 Å². The fourth-order valence-electron chi connectivity index (χ4n) is 1.60. The van der Waals surface area contributed by atoms with Crippen molar-refractivity contribution in [2.24, 2.45) is 5.73 Å². The number of benzene rings is 2. The summed E-state index contributed by atoms with van der Waals surface area (Å²) in [5, 5.41) is 0. The molecule has 0 saturated carbocycles. The van der Waals surface area contributed by atoms with E-state index < -0.39 is 0 Å². The van der Waals surface area contributed by atoms with Crippen molar-refractivity contribution < 1.29 is 9.53 Å². The highest BCUT2D eigenvalue weighted by Crippen LogP contribution is 2.14. The number of rotatable bonds is 5. The van der Waals surface area contributed by atoms with Crippen molar-refractivity contribution in [3.05, 3.63) is 65.7 Å². The van der Waals surface area contributed by atoms with E-state index in [1.54, 1.807) is 24.3 Å². The van der Waals surface area contributed by atoms with Crippen LogP contribution in [0.2, 0.25) is 0 Å². The van der Waals surface area contributed by atoms with Crippen LogP contribution in [0, 0.1) is 0 Å². The van der Waals surface area contributed by atoms with Crippen LogP contribution in [0.15, 0.2) is 54.6 Å². The summed E-state index contributed by atoms with van der Waals surface area (Å²) in [6.07, 6.45) is 0. The van der Waals surface area contributed by atoms with Gasteiger partial charge in [0, 0.05) is 5.56 Å². The van der Waals surface area contributed by atoms with Gasteiger partial charge in [-0.3, -0.25) is 4.79 Å². The Labute approximate surface area is 123 Å². The zero-order valence-electron chi connectivity index (χ0n) is 10.4. The molecule has 0 fully saturated rings. The molecule has 0 amide bonds. The zero-order valence-corrected chi connectivity index (χ0v) is 12.1. The van der Waals surface area contributed by atoms with Gasteiger partial charge in [0.1, 0.15) is 12.4 Å². The molecule has 0 aliphatic rings. The molecule has 2 N–H and O–H groups in total. The molecule has 0 bridgehead atoms. The molecule has 0 spiro atoms. The van der Waals surface area contributed by atoms with Gasteiger partial charge in [-0.1, -0.05) is 30.3 Å². The Balaban J connectivity index is 0.00000180. The summed E-state index contributed by atoms with van der Waals surface area (Å²) in [5.74, 6) is 0.678. The Hall–Kier alpha value is -1.65. The lowest BCUT2D eigenvalue weighted by molar-refractivity contribution is 0.100. The second-order valence-corrected chi connectivity index (χ2v) is 3.93. The molecule has 2 aromatic rings. The van der Waals surface area contributed by atoms with E-state index in [9.17, 15) is 4.79 Å². The summed E-state index contributed by atoms with van der Waals surface area (Å²) in [4.78, 5) is 11.3. The van der Waals surface area contributed by atoms with E-state index in [2.05, 4.69) is 0 Å². The molecule has 0 aliphatic carbocycles. The van der Waals surface area contributed by atoms with Crippen LogP contribution in [0.3, 0.4) is 0 Å². The third-order valence-corrected chi connectivity index (χ3v) is 2.61. The first-order valence-electron chi connectivity index (χ1n) is 5.79. The maximum Gasteiger partial charge on any atom is 0.176 e. The summed E-state index contributed by atoms with van der Waals surface area (Å²) in [5.41, 5.74) is 7.02. The molecule has 0 heterocycles. The average Bonchev–Trinajstić information content (AvgIpc) is 2.46. The highest BCUT2D eigenvalue weighted by atomic mass is 79.9. The smallest absolute Gasteiger partial charge is 0.176 e. The molecule has 3 nitrogen and oxygen atoms in total. The third kappa shape index (κ3) is 4.50. The van der Waals surface area contributed by atoms with Crippen molar-refractivity contribution in [2.75, 3.05) is 6.54 Å². The van der Waals surface area contributed by atoms with Crippen LogP contribution in [0.5, 0.6) is 5.75 Å². The molecule has 0 aromatic heterocycles. The molecule has 0 atom stereocenters. The fraction of sp³-hybridized carbons (Fsp3) is 0.133. The fourth-order valence-corrected chi connectivity index (χ4v) is 1.60. The van der Waals surface area contributed by atoms with E-state index in [0.29, 0.717) is 12.2 Å². The number of ether oxygens (including phenoxy) is 1. The molecule has 0 radical (unpaired) electrons. The number of carbonyl (C=O) groups excluding carboxylic acids is 1. The summed E-state index contributed by atoms with van der Waals surface area (Å²) < 4.78 is 5.62. The number of hydrogen-bond acceptors (Lipinski definition) is 3. The van der Waals surface area contributed by atoms with Crippen molar-refractivity contribution >= 4 is 22.8 Å². The number of halogens is 1. The van der Waals surface area contributed by atoms with E-state index in [1.165, 1.54) is 0 Å². The molecule has 4 heteroatoms. The van der Waals surface area contributed by atoms with Gasteiger partial charge in [-0.25, -0.2) is 0 Å². The van der Waals surface area contributed by atoms with Crippen molar-refractivity contribution in [1.29, 1.82) is 0 Å². The van der Waals surface area contributed by atoms with Crippen molar-refractivity contribution in [1.82, 2.24) is 0 Å². The topological polar surface area (TPSA) is 52.3 Å². The zero-order chi connectivity index (χ0) is 12.8. The lowest BCUT2D eigenvalue weighted by Crippen LogP contribution is -2.13. The second-order valence-electron chi connectivity index (χ2n) is 3.93. The van der Waals surface area contributed by atoms with Gasteiger partial charge in [-0.2, -0.15) is 0 Å². The van der Waals surface area contributed by atoms with Gasteiger partial charge in [-0.15, -0.1) is 17.0 Å². The number of carbonyl (C=O) groups is 1. The Morgan fingerprint density at radius 3 is 2.21 bits per heavy atom. The first kappa shape index (κ1) is 15.4. The lowest BCUT2D eigenvalue weighted by Gasteiger charge is -2.06. The van der Waals surface area contributed by atoms with Crippen LogP contribution in [0.1, 0.15) is 15.9 Å². The normalized spacial score (nSPS) is 9.53. The van der Waals surface area contributed by atoms with Crippen LogP contribution < -0.4 is 10.5 Å². The summed E-state index contributed by atoms with van der Waals surface area (Å²) in [6, 6.07) is 17.0. The molecule has 2 aromatic carbocycles. The summed E-state index contributed by atoms with van der Waals surface area (Å²) in [7, 11) is 0. The summed E-state index contributed by atoms with van der Waals surface area (Å²) >= 11 is 0. The van der Waals surface area contributed by atoms with Crippen LogP contribution in [-0.4, -0.2) is 12.3 Å². The van der Waals surface area contributed by atoms with Gasteiger partial charge in [0.25, 0.3) is 0 Å². The average molecular weight is 322 g/mol. The third-order valence-electron chi connectivity index (χ3n) is 2.61. The number of hydrogen-bond donors (Lipinski definition) is 1. The molecule has 100 valence electrons. The first-order valence-corrected chi connectivity index (χ1v) is 5.79. The molecule has 0 unspecified atom stereocenters. The quantitative estimate of drug-likeness (QED) is 0.861. The predicted molar refractivity (Wildman–Crippen MR) is 80.9 cm³/mol. The number of nitrogens with two attached hydrogens (primary N) is 1. The minimum atomic E-state index is -0.0652. The molecular formula is C15H16BrNO2. The molecule has 2 rings (SSSR count). The monoisotopic (exact) mass is 321 g/mol.